The molecule has 1 saturated heterocycles. The van der Waals surface area contributed by atoms with Crippen LogP contribution < -0.4 is 15.0 Å². The lowest BCUT2D eigenvalue weighted by atomic mass is 9.87. The third kappa shape index (κ3) is 7.19. The van der Waals surface area contributed by atoms with E-state index in [2.05, 4.69) is 42.0 Å². The van der Waals surface area contributed by atoms with E-state index >= 15 is 0 Å². The molecule has 39 heavy (non-hydrogen) atoms. The maximum atomic E-state index is 12.6. The predicted octanol–water partition coefficient (Wildman–Crippen LogP) is 7.04. The van der Waals surface area contributed by atoms with Crippen LogP contribution in [0.15, 0.2) is 65.1 Å². The number of ether oxygens (including phenoxy) is 2. The van der Waals surface area contributed by atoms with Crippen molar-refractivity contribution in [3.05, 3.63) is 81.3 Å². The number of carbonyl (C=O) groups excluding carboxylic acids is 3. The van der Waals surface area contributed by atoms with E-state index in [-0.39, 0.29) is 24.3 Å². The molecule has 0 saturated carbocycles. The van der Waals surface area contributed by atoms with Gasteiger partial charge in [-0.2, -0.15) is 0 Å². The summed E-state index contributed by atoms with van der Waals surface area (Å²) in [7, 11) is 0. The summed E-state index contributed by atoms with van der Waals surface area (Å²) in [6.45, 7) is 8.01. The molecule has 0 spiro atoms. The summed E-state index contributed by atoms with van der Waals surface area (Å²) < 4.78 is 11.9. The molecule has 1 aliphatic rings. The molecule has 3 aromatic rings. The number of amides is 2. The van der Waals surface area contributed by atoms with Crippen molar-refractivity contribution in [3.8, 4) is 11.5 Å². The maximum absolute atomic E-state index is 12.6. The molecule has 7 nitrogen and oxygen atoms in total. The van der Waals surface area contributed by atoms with Crippen molar-refractivity contribution >= 4 is 56.7 Å². The Hall–Kier alpha value is -3.36. The molecular formula is C30H30BrClN2O5. The van der Waals surface area contributed by atoms with Crippen molar-refractivity contribution in [2.45, 2.75) is 39.5 Å². The highest BCUT2D eigenvalue weighted by Crippen LogP contribution is 2.31. The lowest BCUT2D eigenvalue weighted by Crippen LogP contribution is -2.28. The van der Waals surface area contributed by atoms with Crippen molar-refractivity contribution in [3.63, 3.8) is 0 Å². The molecule has 1 atom stereocenters. The summed E-state index contributed by atoms with van der Waals surface area (Å²) in [6.07, 6.45) is 0.0141. The molecule has 0 aromatic heterocycles. The number of nitrogens with one attached hydrogen (secondary N) is 1. The first-order valence-corrected chi connectivity index (χ1v) is 13.7. The van der Waals surface area contributed by atoms with E-state index in [1.807, 2.05) is 31.2 Å². The van der Waals surface area contributed by atoms with Gasteiger partial charge in [0.2, 0.25) is 5.91 Å². The molecule has 1 heterocycles. The van der Waals surface area contributed by atoms with Crippen LogP contribution in [0, 0.1) is 12.8 Å². The van der Waals surface area contributed by atoms with Crippen LogP contribution >= 0.6 is 27.5 Å². The van der Waals surface area contributed by atoms with Crippen LogP contribution in [0.3, 0.4) is 0 Å². The number of nitrogens with zero attached hydrogens (tertiary/aromatic N) is 1. The van der Waals surface area contributed by atoms with Gasteiger partial charge in [-0.1, -0.05) is 44.5 Å². The molecule has 204 valence electrons. The number of benzene rings is 3. The minimum atomic E-state index is -0.661. The SMILES string of the molecule is Cc1cc(Br)c(Cl)cc1NC(=O)COC(=O)[C@H]1CC(=O)N(c2ccc(Oc3ccc(C(C)(C)C)cc3)cc2)C1. The van der Waals surface area contributed by atoms with Crippen molar-refractivity contribution in [1.29, 1.82) is 0 Å². The van der Waals surface area contributed by atoms with Gasteiger partial charge in [0.1, 0.15) is 11.5 Å². The van der Waals surface area contributed by atoms with Gasteiger partial charge in [-0.3, -0.25) is 14.4 Å². The van der Waals surface area contributed by atoms with Crippen LogP contribution in [0.2, 0.25) is 5.02 Å². The second-order valence-electron chi connectivity index (χ2n) is 10.5. The van der Waals surface area contributed by atoms with Gasteiger partial charge in [0.05, 0.1) is 10.9 Å². The van der Waals surface area contributed by atoms with Gasteiger partial charge in [-0.25, -0.2) is 0 Å². The lowest BCUT2D eigenvalue weighted by molar-refractivity contribution is -0.151. The van der Waals surface area contributed by atoms with Crippen molar-refractivity contribution in [2.75, 3.05) is 23.4 Å². The first-order valence-electron chi connectivity index (χ1n) is 12.5. The Morgan fingerprint density at radius 1 is 1.05 bits per heavy atom. The van der Waals surface area contributed by atoms with Crippen molar-refractivity contribution in [1.82, 2.24) is 0 Å². The number of hydrogen-bond donors (Lipinski definition) is 1. The molecule has 0 unspecified atom stereocenters. The molecule has 2 amide bonds. The van der Waals surface area contributed by atoms with Crippen LogP contribution in [-0.2, 0) is 24.5 Å². The number of anilines is 2. The van der Waals surface area contributed by atoms with Crippen LogP contribution in [-0.4, -0.2) is 30.9 Å². The second-order valence-corrected chi connectivity index (χ2v) is 11.8. The molecule has 9 heteroatoms. The normalized spacial score (nSPS) is 15.3. The van der Waals surface area contributed by atoms with Gasteiger partial charge in [-0.15, -0.1) is 0 Å². The van der Waals surface area contributed by atoms with Crippen LogP contribution in [0.25, 0.3) is 0 Å². The summed E-state index contributed by atoms with van der Waals surface area (Å²) >= 11 is 9.43. The standard InChI is InChI=1S/C30H30BrClN2O5/c1-18-13-24(31)25(32)15-26(18)33-27(35)17-38-29(37)19-14-28(36)34(16-19)21-7-11-23(12-8-21)39-22-9-5-20(6-10-22)30(2,3)4/h5-13,15,19H,14,16-17H2,1-4H3,(H,33,35)/t19-/m0/s1. The van der Waals surface area contributed by atoms with Gasteiger partial charge in [0.25, 0.3) is 5.91 Å². The lowest BCUT2D eigenvalue weighted by Gasteiger charge is -2.19. The number of carbonyl (C=O) groups is 3. The molecular weight excluding hydrogens is 584 g/mol. The number of aryl methyl sites for hydroxylation is 1. The Morgan fingerprint density at radius 2 is 1.67 bits per heavy atom. The van der Waals surface area contributed by atoms with E-state index in [1.54, 1.807) is 41.3 Å². The van der Waals surface area contributed by atoms with E-state index in [0.717, 1.165) is 15.8 Å². The van der Waals surface area contributed by atoms with Crippen LogP contribution in [0.4, 0.5) is 11.4 Å². The quantitative estimate of drug-likeness (QED) is 0.289. The topological polar surface area (TPSA) is 84.9 Å². The fourth-order valence-corrected chi connectivity index (χ4v) is 4.81. The summed E-state index contributed by atoms with van der Waals surface area (Å²) in [5, 5.41) is 3.14. The largest absolute Gasteiger partial charge is 0.457 e. The first kappa shape index (κ1) is 28.6. The average Bonchev–Trinajstić information content (AvgIpc) is 3.27. The second kappa shape index (κ2) is 11.8. The van der Waals surface area contributed by atoms with E-state index in [4.69, 9.17) is 21.1 Å². The summed E-state index contributed by atoms with van der Waals surface area (Å²) in [4.78, 5) is 39.1. The van der Waals surface area contributed by atoms with E-state index in [9.17, 15) is 14.4 Å². The zero-order valence-electron chi connectivity index (χ0n) is 22.2. The van der Waals surface area contributed by atoms with Crippen molar-refractivity contribution in [2.24, 2.45) is 5.92 Å². The van der Waals surface area contributed by atoms with Gasteiger partial charge in [-0.05, 0) is 87.9 Å². The fraction of sp³-hybridized carbons (Fsp3) is 0.300. The Morgan fingerprint density at radius 3 is 2.28 bits per heavy atom. The molecule has 0 aliphatic carbocycles. The number of esters is 1. The molecule has 0 bridgehead atoms. The number of halogens is 2. The van der Waals surface area contributed by atoms with Gasteiger partial charge in [0, 0.05) is 28.8 Å². The van der Waals surface area contributed by atoms with Crippen LogP contribution in [0.5, 0.6) is 11.5 Å². The van der Waals surface area contributed by atoms with Gasteiger partial charge < -0.3 is 19.7 Å². The molecule has 0 radical (unpaired) electrons. The Labute approximate surface area is 241 Å². The van der Waals surface area contributed by atoms with Gasteiger partial charge in [0.15, 0.2) is 6.61 Å². The molecule has 3 aromatic carbocycles. The minimum Gasteiger partial charge on any atom is -0.457 e. The first-order chi connectivity index (χ1) is 18.4. The molecule has 4 rings (SSSR count). The highest BCUT2D eigenvalue weighted by Gasteiger charge is 2.36. The van der Waals surface area contributed by atoms with Gasteiger partial charge >= 0.3 is 5.97 Å². The number of rotatable bonds is 7. The van der Waals surface area contributed by atoms with E-state index in [1.165, 1.54) is 5.56 Å². The third-order valence-corrected chi connectivity index (χ3v) is 7.65. The third-order valence-electron chi connectivity index (χ3n) is 6.45. The van der Waals surface area contributed by atoms with Crippen LogP contribution in [0.1, 0.15) is 38.3 Å². The average molecular weight is 614 g/mol. The maximum Gasteiger partial charge on any atom is 0.311 e. The van der Waals surface area contributed by atoms with E-state index in [0.29, 0.717) is 22.1 Å². The minimum absolute atomic E-state index is 0.0141. The summed E-state index contributed by atoms with van der Waals surface area (Å²) in [6, 6.07) is 18.5. The number of hydrogen-bond acceptors (Lipinski definition) is 5. The zero-order valence-corrected chi connectivity index (χ0v) is 24.6. The van der Waals surface area contributed by atoms with E-state index < -0.39 is 24.4 Å². The monoisotopic (exact) mass is 612 g/mol. The molecule has 1 N–H and O–H groups in total. The summed E-state index contributed by atoms with van der Waals surface area (Å²) in [5.74, 6) is -0.573. The highest BCUT2D eigenvalue weighted by atomic mass is 79.9. The fourth-order valence-electron chi connectivity index (χ4n) is 4.19. The molecule has 1 fully saturated rings. The highest BCUT2D eigenvalue weighted by molar-refractivity contribution is 9.10. The summed E-state index contributed by atoms with van der Waals surface area (Å²) in [5.41, 5.74) is 3.27. The smallest absolute Gasteiger partial charge is 0.311 e. The zero-order chi connectivity index (χ0) is 28.3. The molecule has 1 aliphatic heterocycles. The van der Waals surface area contributed by atoms with Crippen molar-refractivity contribution < 1.29 is 23.9 Å². The Bertz CT molecular complexity index is 1380. The Balaban J connectivity index is 1.30. The Kier molecular flexibility index (Phi) is 8.67. The predicted molar refractivity (Wildman–Crippen MR) is 156 cm³/mol.